The van der Waals surface area contributed by atoms with Gasteiger partial charge < -0.3 is 15.0 Å². The number of nitrogens with one attached hydrogen (secondary N) is 1. The second-order valence-corrected chi connectivity index (χ2v) is 6.26. The molecule has 2 heterocycles. The summed E-state index contributed by atoms with van der Waals surface area (Å²) in [6.45, 7) is 5.01. The van der Waals surface area contributed by atoms with Crippen molar-refractivity contribution >= 4 is 5.91 Å². The molecule has 1 aliphatic rings. The summed E-state index contributed by atoms with van der Waals surface area (Å²) in [6, 6.07) is 11.9. The second-order valence-electron chi connectivity index (χ2n) is 6.26. The molecule has 5 nitrogen and oxygen atoms in total. The average molecular weight is 339 g/mol. The van der Waals surface area contributed by atoms with Gasteiger partial charge in [0.25, 0.3) is 5.91 Å². The third-order valence-corrected chi connectivity index (χ3v) is 4.54. The molecule has 0 bridgehead atoms. The molecule has 0 unspecified atom stereocenters. The molecule has 5 heteroatoms. The minimum Gasteiger partial charge on any atom is -0.494 e. The Bertz CT molecular complexity index is 665. The van der Waals surface area contributed by atoms with Gasteiger partial charge in [0.2, 0.25) is 0 Å². The molecule has 1 amide bonds. The molecule has 0 aliphatic carbocycles. The van der Waals surface area contributed by atoms with Gasteiger partial charge in [0.1, 0.15) is 5.75 Å². The molecule has 2 aromatic rings. The van der Waals surface area contributed by atoms with E-state index in [1.807, 2.05) is 60.6 Å². The van der Waals surface area contributed by atoms with Crippen LogP contribution in [0.2, 0.25) is 0 Å². The van der Waals surface area contributed by atoms with Crippen LogP contribution in [0, 0.1) is 0 Å². The van der Waals surface area contributed by atoms with Gasteiger partial charge in [0.15, 0.2) is 0 Å². The van der Waals surface area contributed by atoms with Gasteiger partial charge >= 0.3 is 0 Å². The van der Waals surface area contributed by atoms with E-state index in [4.69, 9.17) is 4.74 Å². The Balaban J connectivity index is 1.47. The fourth-order valence-electron chi connectivity index (χ4n) is 3.09. The number of likely N-dealkylation sites (tertiary alicyclic amines) is 1. The topological polar surface area (TPSA) is 54.5 Å². The van der Waals surface area contributed by atoms with Crippen LogP contribution >= 0.6 is 0 Å². The number of carbonyl (C=O) groups excluding carboxylic acids is 1. The van der Waals surface area contributed by atoms with Crippen molar-refractivity contribution in [2.45, 2.75) is 32.4 Å². The van der Waals surface area contributed by atoms with E-state index >= 15 is 0 Å². The zero-order valence-electron chi connectivity index (χ0n) is 14.6. The van der Waals surface area contributed by atoms with Crippen molar-refractivity contribution in [3.63, 3.8) is 0 Å². The molecule has 1 N–H and O–H groups in total. The molecule has 1 saturated heterocycles. The molecule has 3 rings (SSSR count). The summed E-state index contributed by atoms with van der Waals surface area (Å²) < 4.78 is 5.43. The van der Waals surface area contributed by atoms with Gasteiger partial charge in [-0.05, 0) is 61.7 Å². The summed E-state index contributed by atoms with van der Waals surface area (Å²) in [6.07, 6.45) is 5.59. The molecule has 1 aromatic carbocycles. The zero-order chi connectivity index (χ0) is 17.5. The van der Waals surface area contributed by atoms with Crippen molar-refractivity contribution in [3.8, 4) is 5.75 Å². The third kappa shape index (κ3) is 4.79. The van der Waals surface area contributed by atoms with Crippen molar-refractivity contribution in [3.05, 3.63) is 59.9 Å². The molecule has 132 valence electrons. The highest BCUT2D eigenvalue weighted by Gasteiger charge is 2.23. The Kier molecular flexibility index (Phi) is 6.01. The molecule has 1 aliphatic heterocycles. The number of piperidine rings is 1. The molecule has 0 saturated carbocycles. The molecule has 25 heavy (non-hydrogen) atoms. The molecule has 1 fully saturated rings. The minimum atomic E-state index is 0.107. The minimum absolute atomic E-state index is 0.107. The maximum absolute atomic E-state index is 12.6. The number of hydrogen-bond acceptors (Lipinski definition) is 4. The summed E-state index contributed by atoms with van der Waals surface area (Å²) >= 11 is 0. The first-order chi connectivity index (χ1) is 12.3. The summed E-state index contributed by atoms with van der Waals surface area (Å²) in [5, 5.41) is 3.58. The maximum Gasteiger partial charge on any atom is 0.253 e. The number of carbonyl (C=O) groups is 1. The van der Waals surface area contributed by atoms with Crippen molar-refractivity contribution in [2.75, 3.05) is 19.7 Å². The van der Waals surface area contributed by atoms with E-state index in [1.165, 1.54) is 5.56 Å². The highest BCUT2D eigenvalue weighted by atomic mass is 16.5. The number of ether oxygens (including phenoxy) is 1. The van der Waals surface area contributed by atoms with E-state index in [2.05, 4.69) is 10.3 Å². The maximum atomic E-state index is 12.6. The van der Waals surface area contributed by atoms with Gasteiger partial charge in [-0.25, -0.2) is 0 Å². The van der Waals surface area contributed by atoms with Crippen molar-refractivity contribution in [1.29, 1.82) is 0 Å². The van der Waals surface area contributed by atoms with Crippen LogP contribution in [-0.2, 0) is 6.54 Å². The molecular weight excluding hydrogens is 314 g/mol. The summed E-state index contributed by atoms with van der Waals surface area (Å²) in [5.74, 6) is 0.911. The lowest BCUT2D eigenvalue weighted by molar-refractivity contribution is 0.0704. The first kappa shape index (κ1) is 17.4. The predicted octanol–water partition coefficient (Wildman–Crippen LogP) is 2.87. The standard InChI is InChI=1S/C20H25N3O2/c1-2-25-19-5-3-17(4-6-19)20(24)23-13-9-18(10-14-23)22-15-16-7-11-21-12-8-16/h3-8,11-12,18,22H,2,9-10,13-15H2,1H3. The van der Waals surface area contributed by atoms with Crippen LogP contribution in [0.1, 0.15) is 35.7 Å². The van der Waals surface area contributed by atoms with Gasteiger partial charge in [0.05, 0.1) is 6.61 Å². The number of pyridine rings is 1. The molecule has 0 radical (unpaired) electrons. The van der Waals surface area contributed by atoms with Crippen LogP contribution in [0.3, 0.4) is 0 Å². The predicted molar refractivity (Wildman–Crippen MR) is 97.6 cm³/mol. The fourth-order valence-corrected chi connectivity index (χ4v) is 3.09. The molecule has 0 spiro atoms. The number of amides is 1. The van der Waals surface area contributed by atoms with Crippen LogP contribution in [0.15, 0.2) is 48.8 Å². The van der Waals surface area contributed by atoms with Crippen molar-refractivity contribution in [1.82, 2.24) is 15.2 Å². The Hall–Kier alpha value is -2.40. The third-order valence-electron chi connectivity index (χ3n) is 4.54. The number of benzene rings is 1. The summed E-state index contributed by atoms with van der Waals surface area (Å²) in [4.78, 5) is 18.6. The van der Waals surface area contributed by atoms with Gasteiger partial charge in [-0.3, -0.25) is 9.78 Å². The smallest absolute Gasteiger partial charge is 0.253 e. The largest absolute Gasteiger partial charge is 0.494 e. The van der Waals surface area contributed by atoms with Crippen LogP contribution in [0.25, 0.3) is 0 Å². The van der Waals surface area contributed by atoms with Gasteiger partial charge in [-0.1, -0.05) is 0 Å². The quantitative estimate of drug-likeness (QED) is 0.879. The first-order valence-electron chi connectivity index (χ1n) is 8.90. The first-order valence-corrected chi connectivity index (χ1v) is 8.90. The Morgan fingerprint density at radius 1 is 1.16 bits per heavy atom. The normalized spacial score (nSPS) is 15.2. The average Bonchev–Trinajstić information content (AvgIpc) is 2.68. The van der Waals surface area contributed by atoms with E-state index in [1.54, 1.807) is 0 Å². The highest BCUT2D eigenvalue weighted by molar-refractivity contribution is 5.94. The molecular formula is C20H25N3O2. The number of nitrogens with zero attached hydrogens (tertiary/aromatic N) is 2. The van der Waals surface area contributed by atoms with Crippen molar-refractivity contribution in [2.24, 2.45) is 0 Å². The fraction of sp³-hybridized carbons (Fsp3) is 0.400. The van der Waals surface area contributed by atoms with E-state index < -0.39 is 0 Å². The Morgan fingerprint density at radius 3 is 2.48 bits per heavy atom. The summed E-state index contributed by atoms with van der Waals surface area (Å²) in [5.41, 5.74) is 1.97. The van der Waals surface area contributed by atoms with E-state index in [0.717, 1.165) is 43.8 Å². The van der Waals surface area contributed by atoms with Crippen LogP contribution in [0.4, 0.5) is 0 Å². The highest BCUT2D eigenvalue weighted by Crippen LogP contribution is 2.17. The van der Waals surface area contributed by atoms with Gasteiger partial charge in [0, 0.05) is 43.6 Å². The van der Waals surface area contributed by atoms with Crippen LogP contribution < -0.4 is 10.1 Å². The molecule has 1 aromatic heterocycles. The van der Waals surface area contributed by atoms with E-state index in [0.29, 0.717) is 12.6 Å². The van der Waals surface area contributed by atoms with Gasteiger partial charge in [-0.2, -0.15) is 0 Å². The Labute approximate surface area is 149 Å². The number of rotatable bonds is 6. The van der Waals surface area contributed by atoms with Crippen LogP contribution in [-0.4, -0.2) is 41.5 Å². The lowest BCUT2D eigenvalue weighted by atomic mass is 10.0. The Morgan fingerprint density at radius 2 is 1.84 bits per heavy atom. The van der Waals surface area contributed by atoms with Crippen molar-refractivity contribution < 1.29 is 9.53 Å². The number of aromatic nitrogens is 1. The number of hydrogen-bond donors (Lipinski definition) is 1. The van der Waals surface area contributed by atoms with E-state index in [9.17, 15) is 4.79 Å². The monoisotopic (exact) mass is 339 g/mol. The van der Waals surface area contributed by atoms with Gasteiger partial charge in [-0.15, -0.1) is 0 Å². The second kappa shape index (κ2) is 8.62. The molecule has 0 atom stereocenters. The van der Waals surface area contributed by atoms with Crippen LogP contribution in [0.5, 0.6) is 5.75 Å². The zero-order valence-corrected chi connectivity index (χ0v) is 14.6. The summed E-state index contributed by atoms with van der Waals surface area (Å²) in [7, 11) is 0. The lowest BCUT2D eigenvalue weighted by Crippen LogP contribution is -2.44. The SMILES string of the molecule is CCOc1ccc(C(=O)N2CCC(NCc3ccncc3)CC2)cc1. The lowest BCUT2D eigenvalue weighted by Gasteiger charge is -2.32. The van der Waals surface area contributed by atoms with E-state index in [-0.39, 0.29) is 5.91 Å².